The lowest BCUT2D eigenvalue weighted by molar-refractivity contribution is 0.571. The molecule has 0 bridgehead atoms. The molecule has 0 amide bonds. The topological polar surface area (TPSA) is 64.0 Å². The molecule has 0 aliphatic carbocycles. The van der Waals surface area contributed by atoms with E-state index in [1.807, 2.05) is 45.4 Å². The maximum Gasteiger partial charge on any atom is 0.241 e. The summed E-state index contributed by atoms with van der Waals surface area (Å²) in [5.74, 6) is 0. The van der Waals surface area contributed by atoms with Crippen molar-refractivity contribution in [1.82, 2.24) is 14.3 Å². The van der Waals surface area contributed by atoms with Crippen molar-refractivity contribution in [3.05, 3.63) is 46.5 Å². The van der Waals surface area contributed by atoms with Gasteiger partial charge in [-0.15, -0.1) is 0 Å². The van der Waals surface area contributed by atoms with Crippen LogP contribution in [0.5, 0.6) is 0 Å². The summed E-state index contributed by atoms with van der Waals surface area (Å²) in [5, 5.41) is 0. The Hall–Kier alpha value is -1.66. The maximum absolute atomic E-state index is 12.7. The molecule has 5 nitrogen and oxygen atoms in total. The van der Waals surface area contributed by atoms with E-state index in [2.05, 4.69) is 9.71 Å². The molecule has 0 fully saturated rings. The number of hydrogen-bond donors (Lipinski definition) is 1. The van der Waals surface area contributed by atoms with Gasteiger partial charge in [0.2, 0.25) is 10.0 Å². The highest BCUT2D eigenvalue weighted by atomic mass is 32.2. The number of nitrogens with zero attached hydrogens (tertiary/aromatic N) is 2. The normalized spacial score (nSPS) is 11.9. The van der Waals surface area contributed by atoms with Gasteiger partial charge in [0, 0.05) is 25.5 Å². The number of benzene rings is 1. The molecule has 0 saturated heterocycles. The van der Waals surface area contributed by atoms with Crippen LogP contribution < -0.4 is 4.72 Å². The maximum atomic E-state index is 12.7. The Labute approximate surface area is 132 Å². The summed E-state index contributed by atoms with van der Waals surface area (Å²) in [6, 6.07) is 0. The van der Waals surface area contributed by atoms with Gasteiger partial charge in [0.1, 0.15) is 0 Å². The number of rotatable bonds is 5. The van der Waals surface area contributed by atoms with Gasteiger partial charge >= 0.3 is 0 Å². The van der Waals surface area contributed by atoms with E-state index < -0.39 is 10.0 Å². The predicted octanol–water partition coefficient (Wildman–Crippen LogP) is 2.40. The summed E-state index contributed by atoms with van der Waals surface area (Å²) in [6.07, 6.45) is 5.16. The van der Waals surface area contributed by atoms with E-state index in [0.717, 1.165) is 27.8 Å². The summed E-state index contributed by atoms with van der Waals surface area (Å²) in [4.78, 5) is 4.36. The molecule has 0 aliphatic rings. The molecular weight excluding hydrogens is 298 g/mol. The van der Waals surface area contributed by atoms with Crippen molar-refractivity contribution in [2.45, 2.75) is 46.1 Å². The number of aromatic nitrogens is 2. The lowest BCUT2D eigenvalue weighted by Crippen LogP contribution is -2.29. The fraction of sp³-hybridized carbons (Fsp3) is 0.438. The number of sulfonamides is 1. The fourth-order valence-corrected chi connectivity index (χ4v) is 4.29. The number of hydrogen-bond acceptors (Lipinski definition) is 3. The minimum Gasteiger partial charge on any atom is -0.336 e. The van der Waals surface area contributed by atoms with Crippen LogP contribution >= 0.6 is 0 Å². The van der Waals surface area contributed by atoms with Gasteiger partial charge < -0.3 is 4.57 Å². The molecule has 6 heteroatoms. The van der Waals surface area contributed by atoms with Crippen molar-refractivity contribution in [1.29, 1.82) is 0 Å². The van der Waals surface area contributed by atoms with Gasteiger partial charge in [0.25, 0.3) is 0 Å². The zero-order valence-corrected chi connectivity index (χ0v) is 14.6. The minimum absolute atomic E-state index is 0.337. The van der Waals surface area contributed by atoms with Gasteiger partial charge in [0.15, 0.2) is 0 Å². The van der Waals surface area contributed by atoms with Crippen molar-refractivity contribution in [3.63, 3.8) is 0 Å². The molecule has 0 spiro atoms. The molecule has 1 heterocycles. The first kappa shape index (κ1) is 16.7. The number of imidazole rings is 1. The molecule has 120 valence electrons. The second-order valence-electron chi connectivity index (χ2n) is 5.65. The molecule has 0 aliphatic heterocycles. The molecule has 1 aromatic carbocycles. The average Bonchev–Trinajstić information content (AvgIpc) is 2.96. The van der Waals surface area contributed by atoms with Crippen LogP contribution in [0.3, 0.4) is 0 Å². The summed E-state index contributed by atoms with van der Waals surface area (Å²) in [5.41, 5.74) is 4.90. The van der Waals surface area contributed by atoms with Crippen LogP contribution in [0.25, 0.3) is 0 Å². The second kappa shape index (κ2) is 6.22. The minimum atomic E-state index is -3.52. The molecule has 1 aromatic heterocycles. The Morgan fingerprint density at radius 1 is 1.00 bits per heavy atom. The fourth-order valence-electron chi connectivity index (χ4n) is 2.67. The Kier molecular flexibility index (Phi) is 4.72. The van der Waals surface area contributed by atoms with Crippen LogP contribution in [0.15, 0.2) is 23.6 Å². The Morgan fingerprint density at radius 3 is 2.05 bits per heavy atom. The average molecular weight is 321 g/mol. The van der Waals surface area contributed by atoms with E-state index in [0.29, 0.717) is 18.0 Å². The van der Waals surface area contributed by atoms with Crippen LogP contribution in [-0.2, 0) is 16.6 Å². The van der Waals surface area contributed by atoms with Gasteiger partial charge in [-0.05, 0) is 62.4 Å². The zero-order valence-electron chi connectivity index (χ0n) is 13.8. The quantitative estimate of drug-likeness (QED) is 0.920. The van der Waals surface area contributed by atoms with Gasteiger partial charge in [-0.1, -0.05) is 0 Å². The molecule has 0 atom stereocenters. The summed E-state index contributed by atoms with van der Waals surface area (Å²) < 4.78 is 29.9. The monoisotopic (exact) mass is 321 g/mol. The molecule has 0 saturated carbocycles. The molecule has 2 aromatic rings. The zero-order chi connectivity index (χ0) is 16.5. The van der Waals surface area contributed by atoms with Crippen molar-refractivity contribution in [3.8, 4) is 0 Å². The van der Waals surface area contributed by atoms with Crippen molar-refractivity contribution < 1.29 is 8.42 Å². The largest absolute Gasteiger partial charge is 0.336 e. The second-order valence-corrected chi connectivity index (χ2v) is 7.36. The van der Waals surface area contributed by atoms with Gasteiger partial charge in [0.05, 0.1) is 11.2 Å². The van der Waals surface area contributed by atoms with E-state index in [1.54, 1.807) is 12.5 Å². The molecule has 2 rings (SSSR count). The molecule has 22 heavy (non-hydrogen) atoms. The summed E-state index contributed by atoms with van der Waals surface area (Å²) >= 11 is 0. The lowest BCUT2D eigenvalue weighted by atomic mass is 9.95. The lowest BCUT2D eigenvalue weighted by Gasteiger charge is -2.19. The van der Waals surface area contributed by atoms with E-state index >= 15 is 0 Å². The summed E-state index contributed by atoms with van der Waals surface area (Å²) in [6.45, 7) is 10.6. The molecule has 1 N–H and O–H groups in total. The highest BCUT2D eigenvalue weighted by molar-refractivity contribution is 7.89. The van der Waals surface area contributed by atoms with Crippen molar-refractivity contribution in [2.24, 2.45) is 0 Å². The Morgan fingerprint density at radius 2 is 1.55 bits per heavy atom. The third-order valence-electron chi connectivity index (χ3n) is 4.42. The first-order chi connectivity index (χ1) is 10.3. The highest BCUT2D eigenvalue weighted by Gasteiger charge is 2.23. The third kappa shape index (κ3) is 3.08. The van der Waals surface area contributed by atoms with Crippen LogP contribution in [-0.4, -0.2) is 24.5 Å². The third-order valence-corrected chi connectivity index (χ3v) is 6.16. The van der Waals surface area contributed by atoms with E-state index in [-0.39, 0.29) is 0 Å². The van der Waals surface area contributed by atoms with Crippen LogP contribution in [0.4, 0.5) is 0 Å². The SMILES string of the molecule is Cc1c(C)c(C)c(S(=O)(=O)NCCn2ccnc2)c(C)c1C. The first-order valence-electron chi connectivity index (χ1n) is 7.28. The van der Waals surface area contributed by atoms with E-state index in [4.69, 9.17) is 0 Å². The predicted molar refractivity (Wildman–Crippen MR) is 87.5 cm³/mol. The van der Waals surface area contributed by atoms with Crippen LogP contribution in [0.2, 0.25) is 0 Å². The first-order valence-corrected chi connectivity index (χ1v) is 8.76. The van der Waals surface area contributed by atoms with Gasteiger partial charge in [-0.2, -0.15) is 0 Å². The van der Waals surface area contributed by atoms with Gasteiger partial charge in [-0.3, -0.25) is 0 Å². The summed E-state index contributed by atoms with van der Waals surface area (Å²) in [7, 11) is -3.52. The molecular formula is C16H23N3O2S. The van der Waals surface area contributed by atoms with Crippen LogP contribution in [0, 0.1) is 34.6 Å². The Balaban J connectivity index is 2.30. The molecule has 0 unspecified atom stereocenters. The molecule has 0 radical (unpaired) electrons. The Bertz CT molecular complexity index is 749. The number of nitrogens with one attached hydrogen (secondary N) is 1. The van der Waals surface area contributed by atoms with Crippen molar-refractivity contribution in [2.75, 3.05) is 6.54 Å². The smallest absolute Gasteiger partial charge is 0.241 e. The van der Waals surface area contributed by atoms with E-state index in [9.17, 15) is 8.42 Å². The van der Waals surface area contributed by atoms with Crippen LogP contribution in [0.1, 0.15) is 27.8 Å². The van der Waals surface area contributed by atoms with Crippen molar-refractivity contribution >= 4 is 10.0 Å². The van der Waals surface area contributed by atoms with E-state index in [1.165, 1.54) is 0 Å². The standard InChI is InChI=1S/C16H23N3O2S/c1-11-12(2)14(4)16(15(5)13(11)3)22(20,21)18-7-9-19-8-6-17-10-19/h6,8,10,18H,7,9H2,1-5H3. The van der Waals surface area contributed by atoms with Gasteiger partial charge in [-0.25, -0.2) is 18.1 Å². The highest BCUT2D eigenvalue weighted by Crippen LogP contribution is 2.29.